The molecule has 0 atom stereocenters. The number of nitrogens with zero attached hydrogens (tertiary/aromatic N) is 4. The Morgan fingerprint density at radius 2 is 1.78 bits per heavy atom. The molecule has 1 saturated heterocycles. The average Bonchev–Trinajstić information content (AvgIpc) is 2.94. The second kappa shape index (κ2) is 5.12. The molecule has 1 aliphatic rings. The van der Waals surface area contributed by atoms with Crippen molar-refractivity contribution in [3.05, 3.63) is 34.8 Å². The Balaban J connectivity index is 1.69. The van der Waals surface area contributed by atoms with Crippen LogP contribution in [0.2, 0.25) is 5.02 Å². The van der Waals surface area contributed by atoms with Crippen LogP contribution in [-0.2, 0) is 0 Å². The number of benzene rings is 1. The largest absolute Gasteiger partial charge is 0.367 e. The van der Waals surface area contributed by atoms with Crippen molar-refractivity contribution in [2.24, 2.45) is 0 Å². The average molecular weight is 281 g/mol. The number of aromatic nitrogens is 2. The van der Waals surface area contributed by atoms with Gasteiger partial charge in [-0.25, -0.2) is 0 Å². The molecule has 0 N–H and O–H groups in total. The number of piperazine rings is 1. The quantitative estimate of drug-likeness (QED) is 0.846. The maximum Gasteiger partial charge on any atom is 0.208 e. The van der Waals surface area contributed by atoms with Crippen LogP contribution in [0.1, 0.15) is 0 Å². The van der Waals surface area contributed by atoms with Crippen LogP contribution in [0.5, 0.6) is 0 Å². The van der Waals surface area contributed by atoms with Gasteiger partial charge in [-0.05, 0) is 12.1 Å². The van der Waals surface area contributed by atoms with Crippen molar-refractivity contribution >= 4 is 33.8 Å². The van der Waals surface area contributed by atoms with Crippen molar-refractivity contribution in [2.75, 3.05) is 36.0 Å². The van der Waals surface area contributed by atoms with Gasteiger partial charge in [0, 0.05) is 26.2 Å². The molecule has 6 heteroatoms. The monoisotopic (exact) mass is 280 g/mol. The summed E-state index contributed by atoms with van der Waals surface area (Å²) in [6.45, 7) is 3.84. The van der Waals surface area contributed by atoms with Crippen LogP contribution in [0.15, 0.2) is 29.8 Å². The van der Waals surface area contributed by atoms with Crippen molar-refractivity contribution in [1.29, 1.82) is 0 Å². The van der Waals surface area contributed by atoms with E-state index >= 15 is 0 Å². The Bertz CT molecular complexity index is 509. The Morgan fingerprint density at radius 1 is 1.06 bits per heavy atom. The highest BCUT2D eigenvalue weighted by Gasteiger charge is 2.20. The minimum atomic E-state index is 0.821. The molecule has 0 radical (unpaired) electrons. The minimum Gasteiger partial charge on any atom is -0.367 e. The highest BCUT2D eigenvalue weighted by Crippen LogP contribution is 2.27. The van der Waals surface area contributed by atoms with Crippen LogP contribution in [0.25, 0.3) is 0 Å². The molecule has 1 aliphatic heterocycles. The van der Waals surface area contributed by atoms with Gasteiger partial charge in [0.05, 0.1) is 10.7 Å². The maximum absolute atomic E-state index is 6.22. The van der Waals surface area contributed by atoms with Gasteiger partial charge >= 0.3 is 0 Å². The Kier molecular flexibility index (Phi) is 3.34. The Morgan fingerprint density at radius 3 is 2.44 bits per heavy atom. The lowest BCUT2D eigenvalue weighted by Crippen LogP contribution is -2.46. The molecule has 2 heterocycles. The van der Waals surface area contributed by atoms with Crippen molar-refractivity contribution in [3.8, 4) is 0 Å². The van der Waals surface area contributed by atoms with E-state index in [0.29, 0.717) is 0 Å². The van der Waals surface area contributed by atoms with Crippen molar-refractivity contribution in [2.45, 2.75) is 0 Å². The number of para-hydroxylation sites is 1. The fraction of sp³-hybridized carbons (Fsp3) is 0.333. The van der Waals surface area contributed by atoms with Crippen LogP contribution in [0, 0.1) is 0 Å². The zero-order valence-corrected chi connectivity index (χ0v) is 11.4. The third kappa shape index (κ3) is 2.28. The molecule has 18 heavy (non-hydrogen) atoms. The van der Waals surface area contributed by atoms with E-state index in [-0.39, 0.29) is 0 Å². The smallest absolute Gasteiger partial charge is 0.208 e. The van der Waals surface area contributed by atoms with E-state index in [4.69, 9.17) is 11.6 Å². The van der Waals surface area contributed by atoms with Crippen LogP contribution < -0.4 is 9.80 Å². The Labute approximate surface area is 115 Å². The fourth-order valence-electron chi connectivity index (χ4n) is 2.15. The lowest BCUT2D eigenvalue weighted by molar-refractivity contribution is 0.650. The molecule has 2 aromatic rings. The van der Waals surface area contributed by atoms with Crippen molar-refractivity contribution < 1.29 is 0 Å². The van der Waals surface area contributed by atoms with Crippen LogP contribution in [0.3, 0.4) is 0 Å². The summed E-state index contributed by atoms with van der Waals surface area (Å²) in [7, 11) is 0. The van der Waals surface area contributed by atoms with Gasteiger partial charge in [-0.2, -0.15) is 0 Å². The molecule has 4 nitrogen and oxygen atoms in total. The standard InChI is InChI=1S/C12H13ClN4S/c13-10-3-1-2-4-11(10)16-5-7-17(8-6-16)12-15-14-9-18-12/h1-4,9H,5-8H2. The molecule has 1 aromatic heterocycles. The Hall–Kier alpha value is -1.33. The van der Waals surface area contributed by atoms with Gasteiger partial charge in [-0.1, -0.05) is 35.1 Å². The number of hydrogen-bond donors (Lipinski definition) is 0. The molecule has 3 rings (SSSR count). The van der Waals surface area contributed by atoms with Crippen molar-refractivity contribution in [1.82, 2.24) is 10.2 Å². The molecule has 94 valence electrons. The SMILES string of the molecule is Clc1ccccc1N1CCN(c2nncs2)CC1. The van der Waals surface area contributed by atoms with Gasteiger partial charge in [0.15, 0.2) is 0 Å². The maximum atomic E-state index is 6.22. The molecule has 0 unspecified atom stereocenters. The predicted molar refractivity (Wildman–Crippen MR) is 75.8 cm³/mol. The van der Waals surface area contributed by atoms with E-state index in [1.165, 1.54) is 0 Å². The third-order valence-electron chi connectivity index (χ3n) is 3.09. The third-order valence-corrected chi connectivity index (χ3v) is 4.16. The molecule has 1 fully saturated rings. The first-order chi connectivity index (χ1) is 8.84. The molecule has 0 amide bonds. The molecule has 1 aromatic carbocycles. The number of halogens is 1. The lowest BCUT2D eigenvalue weighted by atomic mass is 10.2. The summed E-state index contributed by atoms with van der Waals surface area (Å²) in [6.07, 6.45) is 0. The van der Waals surface area contributed by atoms with E-state index in [9.17, 15) is 0 Å². The number of hydrogen-bond acceptors (Lipinski definition) is 5. The summed E-state index contributed by atoms with van der Waals surface area (Å²) in [5.74, 6) is 0. The van der Waals surface area contributed by atoms with E-state index in [1.54, 1.807) is 16.8 Å². The van der Waals surface area contributed by atoms with Crippen LogP contribution in [0.4, 0.5) is 10.8 Å². The van der Waals surface area contributed by atoms with E-state index < -0.39 is 0 Å². The van der Waals surface area contributed by atoms with Gasteiger partial charge in [0.1, 0.15) is 5.51 Å². The van der Waals surface area contributed by atoms with Crippen LogP contribution in [-0.4, -0.2) is 36.4 Å². The summed E-state index contributed by atoms with van der Waals surface area (Å²) in [4.78, 5) is 4.59. The van der Waals surface area contributed by atoms with Gasteiger partial charge in [-0.15, -0.1) is 10.2 Å². The first-order valence-corrected chi connectivity index (χ1v) is 7.11. The normalized spacial score (nSPS) is 16.1. The second-order valence-electron chi connectivity index (χ2n) is 4.15. The molecule has 0 bridgehead atoms. The second-order valence-corrected chi connectivity index (χ2v) is 5.37. The number of rotatable bonds is 2. The highest BCUT2D eigenvalue weighted by atomic mass is 35.5. The van der Waals surface area contributed by atoms with E-state index in [2.05, 4.69) is 26.1 Å². The summed E-state index contributed by atoms with van der Waals surface area (Å²) < 4.78 is 0. The van der Waals surface area contributed by atoms with Crippen LogP contribution >= 0.6 is 22.9 Å². The van der Waals surface area contributed by atoms with Gasteiger partial charge in [0.25, 0.3) is 0 Å². The fourth-order valence-corrected chi connectivity index (χ4v) is 3.02. The van der Waals surface area contributed by atoms with E-state index in [0.717, 1.165) is 42.0 Å². The zero-order chi connectivity index (χ0) is 12.4. The van der Waals surface area contributed by atoms with Gasteiger partial charge in [0.2, 0.25) is 5.13 Å². The molecule has 0 saturated carbocycles. The molecular weight excluding hydrogens is 268 g/mol. The number of anilines is 2. The summed E-state index contributed by atoms with van der Waals surface area (Å²) in [5.41, 5.74) is 2.89. The lowest BCUT2D eigenvalue weighted by Gasteiger charge is -2.36. The molecule has 0 aliphatic carbocycles. The van der Waals surface area contributed by atoms with Gasteiger partial charge in [-0.3, -0.25) is 0 Å². The topological polar surface area (TPSA) is 32.3 Å². The van der Waals surface area contributed by atoms with Crippen molar-refractivity contribution in [3.63, 3.8) is 0 Å². The first kappa shape index (κ1) is 11.7. The highest BCUT2D eigenvalue weighted by molar-refractivity contribution is 7.13. The van der Waals surface area contributed by atoms with E-state index in [1.807, 2.05) is 18.2 Å². The summed E-state index contributed by atoms with van der Waals surface area (Å²) in [6, 6.07) is 8.00. The zero-order valence-electron chi connectivity index (χ0n) is 9.79. The minimum absolute atomic E-state index is 0.821. The van der Waals surface area contributed by atoms with Gasteiger partial charge < -0.3 is 9.80 Å². The first-order valence-electron chi connectivity index (χ1n) is 5.85. The molecule has 0 spiro atoms. The molecular formula is C12H13ClN4S. The predicted octanol–water partition coefficient (Wildman–Crippen LogP) is 2.52. The summed E-state index contributed by atoms with van der Waals surface area (Å²) >= 11 is 7.81. The summed E-state index contributed by atoms with van der Waals surface area (Å²) in [5, 5.41) is 9.82.